The van der Waals surface area contributed by atoms with Gasteiger partial charge in [-0.15, -0.1) is 0 Å². The first-order valence-electron chi connectivity index (χ1n) is 10.5. The molecule has 1 amide bonds. The van der Waals surface area contributed by atoms with Gasteiger partial charge in [0.2, 0.25) is 5.91 Å². The molecule has 5 heteroatoms. The lowest BCUT2D eigenvalue weighted by Crippen LogP contribution is -2.37. The van der Waals surface area contributed by atoms with Crippen LogP contribution >= 0.6 is 0 Å². The van der Waals surface area contributed by atoms with E-state index >= 15 is 0 Å². The summed E-state index contributed by atoms with van der Waals surface area (Å²) in [7, 11) is 0. The predicted molar refractivity (Wildman–Crippen MR) is 103 cm³/mol. The van der Waals surface area contributed by atoms with Crippen LogP contribution in [-0.4, -0.2) is 22.2 Å². The third kappa shape index (κ3) is 4.95. The molecule has 2 aliphatic rings. The minimum atomic E-state index is -0.0451. The molecule has 1 aromatic heterocycles. The van der Waals surface area contributed by atoms with Crippen molar-refractivity contribution < 1.29 is 4.79 Å². The van der Waals surface area contributed by atoms with Crippen LogP contribution in [0.15, 0.2) is 10.9 Å². The van der Waals surface area contributed by atoms with Crippen molar-refractivity contribution in [3.05, 3.63) is 27.7 Å². The molecule has 2 aliphatic carbocycles. The molecule has 1 N–H and O–H groups in total. The Morgan fingerprint density at radius 3 is 2.77 bits per heavy atom. The largest absolute Gasteiger partial charge is 0.354 e. The number of nitrogens with one attached hydrogen (secondary N) is 1. The van der Waals surface area contributed by atoms with Gasteiger partial charge in [-0.2, -0.15) is 5.10 Å². The third-order valence-corrected chi connectivity index (χ3v) is 6.08. The first kappa shape index (κ1) is 19.1. The first-order valence-corrected chi connectivity index (χ1v) is 10.5. The molecule has 5 nitrogen and oxygen atoms in total. The lowest BCUT2D eigenvalue weighted by Gasteiger charge is -2.27. The van der Waals surface area contributed by atoms with Gasteiger partial charge in [0.05, 0.1) is 12.2 Å². The molecule has 0 atom stereocenters. The molecule has 26 heavy (non-hydrogen) atoms. The van der Waals surface area contributed by atoms with Crippen molar-refractivity contribution >= 4 is 5.91 Å². The number of carbonyl (C=O) groups is 1. The van der Waals surface area contributed by atoms with Crippen LogP contribution in [0.2, 0.25) is 0 Å². The van der Waals surface area contributed by atoms with Crippen molar-refractivity contribution in [2.75, 3.05) is 6.54 Å². The van der Waals surface area contributed by atoms with E-state index in [4.69, 9.17) is 0 Å². The zero-order chi connectivity index (χ0) is 18.4. The quantitative estimate of drug-likeness (QED) is 0.813. The maximum Gasteiger partial charge on any atom is 0.267 e. The van der Waals surface area contributed by atoms with Gasteiger partial charge in [-0.1, -0.05) is 26.2 Å². The van der Waals surface area contributed by atoms with E-state index in [-0.39, 0.29) is 17.4 Å². The number of fused-ring (bicyclic) bond motifs is 1. The van der Waals surface area contributed by atoms with E-state index in [1.54, 1.807) is 6.07 Å². The molecular weight excluding hydrogens is 326 g/mol. The van der Waals surface area contributed by atoms with Crippen LogP contribution in [0.1, 0.15) is 76.0 Å². The number of aryl methyl sites for hydroxylation is 2. The topological polar surface area (TPSA) is 64.0 Å². The minimum Gasteiger partial charge on any atom is -0.354 e. The molecule has 1 heterocycles. The van der Waals surface area contributed by atoms with Gasteiger partial charge in [0.1, 0.15) is 0 Å². The normalized spacial score (nSPS) is 22.7. The van der Waals surface area contributed by atoms with E-state index < -0.39 is 0 Å². The van der Waals surface area contributed by atoms with E-state index in [9.17, 15) is 9.59 Å². The van der Waals surface area contributed by atoms with Crippen LogP contribution in [0.5, 0.6) is 0 Å². The van der Waals surface area contributed by atoms with Crippen LogP contribution in [-0.2, 0) is 24.2 Å². The van der Waals surface area contributed by atoms with E-state index in [0.29, 0.717) is 13.1 Å². The maximum absolute atomic E-state index is 12.4. The second kappa shape index (κ2) is 9.33. The van der Waals surface area contributed by atoms with Crippen molar-refractivity contribution in [2.24, 2.45) is 11.8 Å². The van der Waals surface area contributed by atoms with Gasteiger partial charge >= 0.3 is 0 Å². The standard InChI is InChI=1S/C21H33N3O2/c1-2-3-6-16-9-11-17(12-10-16)21(26)22-13-14-24-20(25)15-18-7-4-5-8-19(18)23-24/h15-17H,2-14H2,1H3,(H,22,26). The summed E-state index contributed by atoms with van der Waals surface area (Å²) in [5.41, 5.74) is 2.13. The van der Waals surface area contributed by atoms with Gasteiger partial charge in [0.25, 0.3) is 5.56 Å². The van der Waals surface area contributed by atoms with Gasteiger partial charge in [0.15, 0.2) is 0 Å². The first-order chi connectivity index (χ1) is 12.7. The molecule has 0 saturated heterocycles. The monoisotopic (exact) mass is 359 g/mol. The van der Waals surface area contributed by atoms with Crippen LogP contribution in [0, 0.1) is 11.8 Å². The lowest BCUT2D eigenvalue weighted by molar-refractivity contribution is -0.126. The molecule has 1 fully saturated rings. The molecule has 0 radical (unpaired) electrons. The SMILES string of the molecule is CCCCC1CCC(C(=O)NCCn2nc3c(cc2=O)CCCC3)CC1. The molecule has 0 unspecified atom stereocenters. The Balaban J connectivity index is 1.44. The average Bonchev–Trinajstić information content (AvgIpc) is 2.67. The van der Waals surface area contributed by atoms with E-state index in [1.165, 1.54) is 36.8 Å². The average molecular weight is 360 g/mol. The number of carbonyl (C=O) groups excluding carboxylic acids is 1. The van der Waals surface area contributed by atoms with Crippen molar-refractivity contribution in [3.63, 3.8) is 0 Å². The van der Waals surface area contributed by atoms with E-state index in [2.05, 4.69) is 17.3 Å². The highest BCUT2D eigenvalue weighted by Gasteiger charge is 2.25. The van der Waals surface area contributed by atoms with Crippen molar-refractivity contribution in [1.29, 1.82) is 0 Å². The van der Waals surface area contributed by atoms with Crippen molar-refractivity contribution in [2.45, 2.75) is 84.1 Å². The highest BCUT2D eigenvalue weighted by Crippen LogP contribution is 2.31. The summed E-state index contributed by atoms with van der Waals surface area (Å²) < 4.78 is 1.52. The number of hydrogen-bond acceptors (Lipinski definition) is 3. The van der Waals surface area contributed by atoms with E-state index in [1.807, 2.05) is 0 Å². The molecular formula is C21H33N3O2. The molecule has 144 valence electrons. The Kier molecular flexibility index (Phi) is 6.86. The highest BCUT2D eigenvalue weighted by atomic mass is 16.2. The molecule has 0 aliphatic heterocycles. The van der Waals surface area contributed by atoms with Gasteiger partial charge in [-0.25, -0.2) is 4.68 Å². The van der Waals surface area contributed by atoms with Gasteiger partial charge < -0.3 is 5.32 Å². The number of unbranched alkanes of at least 4 members (excludes halogenated alkanes) is 1. The Hall–Kier alpha value is -1.65. The summed E-state index contributed by atoms with van der Waals surface area (Å²) in [6.07, 6.45) is 12.5. The fourth-order valence-corrected chi connectivity index (χ4v) is 4.40. The van der Waals surface area contributed by atoms with Gasteiger partial charge in [-0.05, 0) is 62.8 Å². The number of amides is 1. The number of rotatable bonds is 7. The number of hydrogen-bond donors (Lipinski definition) is 1. The lowest BCUT2D eigenvalue weighted by atomic mass is 9.79. The number of nitrogens with zero attached hydrogens (tertiary/aromatic N) is 2. The second-order valence-electron chi connectivity index (χ2n) is 8.04. The fourth-order valence-electron chi connectivity index (χ4n) is 4.40. The fraction of sp³-hybridized carbons (Fsp3) is 0.762. The molecule has 1 aromatic rings. The smallest absolute Gasteiger partial charge is 0.267 e. The summed E-state index contributed by atoms with van der Waals surface area (Å²) in [6.45, 7) is 3.19. The Morgan fingerprint density at radius 1 is 1.23 bits per heavy atom. The van der Waals surface area contributed by atoms with Crippen LogP contribution in [0.4, 0.5) is 0 Å². The maximum atomic E-state index is 12.4. The van der Waals surface area contributed by atoms with Gasteiger partial charge in [0, 0.05) is 18.5 Å². The summed E-state index contributed by atoms with van der Waals surface area (Å²) in [5.74, 6) is 1.13. The Labute approximate surface area is 156 Å². The summed E-state index contributed by atoms with van der Waals surface area (Å²) in [5, 5.41) is 7.54. The highest BCUT2D eigenvalue weighted by molar-refractivity contribution is 5.78. The zero-order valence-corrected chi connectivity index (χ0v) is 16.1. The molecule has 0 bridgehead atoms. The minimum absolute atomic E-state index is 0.0451. The van der Waals surface area contributed by atoms with Crippen LogP contribution in [0.25, 0.3) is 0 Å². The summed E-state index contributed by atoms with van der Waals surface area (Å²) in [6, 6.07) is 1.74. The van der Waals surface area contributed by atoms with Crippen molar-refractivity contribution in [3.8, 4) is 0 Å². The Bertz CT molecular complexity index is 660. The molecule has 0 aromatic carbocycles. The second-order valence-corrected chi connectivity index (χ2v) is 8.04. The summed E-state index contributed by atoms with van der Waals surface area (Å²) >= 11 is 0. The van der Waals surface area contributed by atoms with Crippen LogP contribution < -0.4 is 10.9 Å². The van der Waals surface area contributed by atoms with Gasteiger partial charge in [-0.3, -0.25) is 9.59 Å². The van der Waals surface area contributed by atoms with Crippen molar-refractivity contribution in [1.82, 2.24) is 15.1 Å². The summed E-state index contributed by atoms with van der Waals surface area (Å²) in [4.78, 5) is 24.6. The predicted octanol–water partition coefficient (Wildman–Crippen LogP) is 3.23. The molecule has 0 spiro atoms. The Morgan fingerprint density at radius 2 is 2.00 bits per heavy atom. The third-order valence-electron chi connectivity index (χ3n) is 6.08. The zero-order valence-electron chi connectivity index (χ0n) is 16.1. The number of aromatic nitrogens is 2. The molecule has 3 rings (SSSR count). The molecule has 1 saturated carbocycles. The van der Waals surface area contributed by atoms with Crippen LogP contribution in [0.3, 0.4) is 0 Å². The van der Waals surface area contributed by atoms with E-state index in [0.717, 1.165) is 55.7 Å².